The first kappa shape index (κ1) is 18.5. The predicted octanol–water partition coefficient (Wildman–Crippen LogP) is 5.48. The average Bonchev–Trinajstić information content (AvgIpc) is 2.52. The van der Waals surface area contributed by atoms with Crippen molar-refractivity contribution in [1.82, 2.24) is 5.32 Å². The van der Waals surface area contributed by atoms with Gasteiger partial charge in [0, 0.05) is 17.5 Å². The van der Waals surface area contributed by atoms with Gasteiger partial charge in [-0.1, -0.05) is 61.9 Å². The van der Waals surface area contributed by atoms with E-state index in [1.807, 2.05) is 6.07 Å². The first-order valence-electron chi connectivity index (χ1n) is 9.46. The number of aliphatic hydroxyl groups excluding tert-OH is 1. The van der Waals surface area contributed by atoms with Crippen molar-refractivity contribution in [3.8, 4) is 0 Å². The van der Waals surface area contributed by atoms with Gasteiger partial charge >= 0.3 is 0 Å². The van der Waals surface area contributed by atoms with Crippen LogP contribution in [0, 0.1) is 0 Å². The zero-order chi connectivity index (χ0) is 17.2. The Morgan fingerprint density at radius 1 is 1.17 bits per heavy atom. The summed E-state index contributed by atoms with van der Waals surface area (Å²) in [4.78, 5) is 0. The van der Waals surface area contributed by atoms with Crippen molar-refractivity contribution in [3.63, 3.8) is 0 Å². The van der Waals surface area contributed by atoms with Crippen molar-refractivity contribution in [2.75, 3.05) is 0 Å². The van der Waals surface area contributed by atoms with Gasteiger partial charge in [0.1, 0.15) is 0 Å². The van der Waals surface area contributed by atoms with Crippen LogP contribution in [0.5, 0.6) is 0 Å². The molecule has 2 saturated carbocycles. The van der Waals surface area contributed by atoms with Gasteiger partial charge in [0.25, 0.3) is 0 Å². The van der Waals surface area contributed by atoms with E-state index in [0.29, 0.717) is 16.1 Å². The zero-order valence-corrected chi connectivity index (χ0v) is 16.0. The second-order valence-corrected chi connectivity index (χ2v) is 8.42. The minimum atomic E-state index is -0.205. The number of halogens is 2. The molecule has 1 aromatic carbocycles. The Morgan fingerprint density at radius 2 is 1.92 bits per heavy atom. The minimum absolute atomic E-state index is 0.140. The number of hydrogen-bond acceptors (Lipinski definition) is 2. The van der Waals surface area contributed by atoms with Crippen LogP contribution in [0.2, 0.25) is 10.0 Å². The molecule has 1 aromatic rings. The first-order chi connectivity index (χ1) is 11.6. The average molecular weight is 370 g/mol. The molecule has 0 saturated heterocycles. The van der Waals surface area contributed by atoms with E-state index in [1.54, 1.807) is 0 Å². The molecule has 0 aliphatic heterocycles. The summed E-state index contributed by atoms with van der Waals surface area (Å²) in [6.45, 7) is 2.24. The van der Waals surface area contributed by atoms with Crippen LogP contribution in [-0.2, 0) is 5.41 Å². The third-order valence-corrected chi connectivity index (χ3v) is 6.87. The predicted molar refractivity (Wildman–Crippen MR) is 102 cm³/mol. The fraction of sp³-hybridized carbons (Fsp3) is 0.700. The Morgan fingerprint density at radius 3 is 2.50 bits per heavy atom. The van der Waals surface area contributed by atoms with Gasteiger partial charge in [-0.25, -0.2) is 0 Å². The van der Waals surface area contributed by atoms with E-state index in [4.69, 9.17) is 23.2 Å². The van der Waals surface area contributed by atoms with E-state index >= 15 is 0 Å². The lowest BCUT2D eigenvalue weighted by Gasteiger charge is -2.50. The molecule has 4 heteroatoms. The highest BCUT2D eigenvalue weighted by atomic mass is 35.5. The third kappa shape index (κ3) is 3.62. The first-order valence-corrected chi connectivity index (χ1v) is 10.2. The van der Waals surface area contributed by atoms with Crippen molar-refractivity contribution >= 4 is 23.2 Å². The molecule has 0 radical (unpaired) electrons. The Balaban J connectivity index is 1.85. The number of rotatable bonds is 6. The molecule has 3 atom stereocenters. The molecule has 2 nitrogen and oxygen atoms in total. The SMILES string of the molecule is CCCC(NC1CCCCC1O)C1(c2ccc(Cl)c(Cl)c2)CCC1. The fourth-order valence-corrected chi connectivity index (χ4v) is 4.87. The second-order valence-electron chi connectivity index (χ2n) is 7.60. The number of benzene rings is 1. The molecule has 2 aliphatic carbocycles. The van der Waals surface area contributed by atoms with Gasteiger partial charge < -0.3 is 10.4 Å². The Kier molecular flexibility index (Phi) is 6.13. The fourth-order valence-electron chi connectivity index (χ4n) is 4.57. The summed E-state index contributed by atoms with van der Waals surface area (Å²) < 4.78 is 0. The standard InChI is InChI=1S/C20H29Cl2NO/c1-2-6-19(23-17-7-3-4-8-18(17)24)20(11-5-12-20)14-9-10-15(21)16(22)13-14/h9-10,13,17-19,23-24H,2-8,11-12H2,1H3. The summed E-state index contributed by atoms with van der Waals surface area (Å²) in [5.41, 5.74) is 1.45. The van der Waals surface area contributed by atoms with Crippen molar-refractivity contribution < 1.29 is 5.11 Å². The molecule has 2 fully saturated rings. The molecular formula is C20H29Cl2NO. The molecule has 0 spiro atoms. The molecule has 2 aliphatic rings. The Bertz CT molecular complexity index is 559. The molecule has 134 valence electrons. The van der Waals surface area contributed by atoms with Crippen LogP contribution in [0.25, 0.3) is 0 Å². The lowest BCUT2D eigenvalue weighted by molar-refractivity contribution is 0.0625. The molecule has 0 aromatic heterocycles. The molecule has 0 heterocycles. The largest absolute Gasteiger partial charge is 0.392 e. The molecule has 0 amide bonds. The van der Waals surface area contributed by atoms with E-state index in [1.165, 1.54) is 31.2 Å². The molecule has 24 heavy (non-hydrogen) atoms. The summed E-state index contributed by atoms with van der Waals surface area (Å²) in [6, 6.07) is 6.76. The molecule has 3 rings (SSSR count). The van der Waals surface area contributed by atoms with Crippen LogP contribution >= 0.6 is 23.2 Å². The Hall–Kier alpha value is -0.280. The normalized spacial score (nSPS) is 27.5. The molecule has 0 bridgehead atoms. The summed E-state index contributed by atoms with van der Waals surface area (Å²) in [7, 11) is 0. The smallest absolute Gasteiger partial charge is 0.0693 e. The van der Waals surface area contributed by atoms with Crippen molar-refractivity contribution in [3.05, 3.63) is 33.8 Å². The maximum Gasteiger partial charge on any atom is 0.0693 e. The summed E-state index contributed by atoms with van der Waals surface area (Å²) >= 11 is 12.4. The van der Waals surface area contributed by atoms with Gasteiger partial charge in [0.15, 0.2) is 0 Å². The lowest BCUT2D eigenvalue weighted by Crippen LogP contribution is -2.58. The number of hydrogen-bond donors (Lipinski definition) is 2. The Labute approximate surface area is 155 Å². The van der Waals surface area contributed by atoms with Crippen LogP contribution in [0.3, 0.4) is 0 Å². The van der Waals surface area contributed by atoms with E-state index in [2.05, 4.69) is 24.4 Å². The third-order valence-electron chi connectivity index (χ3n) is 6.13. The van der Waals surface area contributed by atoms with Crippen LogP contribution in [0.4, 0.5) is 0 Å². The van der Waals surface area contributed by atoms with Crippen LogP contribution in [0.15, 0.2) is 18.2 Å². The van der Waals surface area contributed by atoms with Crippen LogP contribution in [-0.4, -0.2) is 23.3 Å². The van der Waals surface area contributed by atoms with E-state index < -0.39 is 0 Å². The van der Waals surface area contributed by atoms with Crippen molar-refractivity contribution in [1.29, 1.82) is 0 Å². The number of aliphatic hydroxyl groups is 1. The van der Waals surface area contributed by atoms with Gasteiger partial charge in [0.05, 0.1) is 16.1 Å². The number of nitrogens with one attached hydrogen (secondary N) is 1. The summed E-state index contributed by atoms with van der Waals surface area (Å²) in [5.74, 6) is 0. The van der Waals surface area contributed by atoms with Crippen molar-refractivity contribution in [2.24, 2.45) is 0 Å². The van der Waals surface area contributed by atoms with Gasteiger partial charge in [-0.3, -0.25) is 0 Å². The van der Waals surface area contributed by atoms with Crippen LogP contribution < -0.4 is 5.32 Å². The minimum Gasteiger partial charge on any atom is -0.392 e. The topological polar surface area (TPSA) is 32.3 Å². The highest BCUT2D eigenvalue weighted by Gasteiger charge is 2.46. The van der Waals surface area contributed by atoms with Gasteiger partial charge in [-0.15, -0.1) is 0 Å². The summed E-state index contributed by atoms with van der Waals surface area (Å²) in [5, 5.41) is 15.5. The lowest BCUT2D eigenvalue weighted by atomic mass is 9.59. The van der Waals surface area contributed by atoms with E-state index in [0.717, 1.165) is 32.1 Å². The highest BCUT2D eigenvalue weighted by Crippen LogP contribution is 2.49. The highest BCUT2D eigenvalue weighted by molar-refractivity contribution is 6.42. The van der Waals surface area contributed by atoms with Crippen molar-refractivity contribution in [2.45, 2.75) is 88.3 Å². The quantitative estimate of drug-likeness (QED) is 0.695. The monoisotopic (exact) mass is 369 g/mol. The second kappa shape index (κ2) is 7.95. The van der Waals surface area contributed by atoms with Crippen LogP contribution in [0.1, 0.15) is 70.3 Å². The molecule has 3 unspecified atom stereocenters. The molecule has 2 N–H and O–H groups in total. The van der Waals surface area contributed by atoms with Gasteiger partial charge in [-0.2, -0.15) is 0 Å². The zero-order valence-electron chi connectivity index (χ0n) is 14.5. The summed E-state index contributed by atoms with van der Waals surface area (Å²) in [6.07, 6.45) is 10.1. The maximum absolute atomic E-state index is 10.4. The molecular weight excluding hydrogens is 341 g/mol. The van der Waals surface area contributed by atoms with Gasteiger partial charge in [0.2, 0.25) is 0 Å². The maximum atomic E-state index is 10.4. The van der Waals surface area contributed by atoms with E-state index in [9.17, 15) is 5.11 Å². The van der Waals surface area contributed by atoms with E-state index in [-0.39, 0.29) is 17.6 Å². The van der Waals surface area contributed by atoms with Gasteiger partial charge in [-0.05, 0) is 49.8 Å².